The van der Waals surface area contributed by atoms with Gasteiger partial charge in [0.2, 0.25) is 5.79 Å². The van der Waals surface area contributed by atoms with Crippen LogP contribution in [0.1, 0.15) is 6.92 Å². The van der Waals surface area contributed by atoms with E-state index in [1.165, 1.54) is 0 Å². The number of aliphatic hydroxyl groups excluding tert-OH is 5. The van der Waals surface area contributed by atoms with E-state index < -0.39 is 61.2 Å². The highest BCUT2D eigenvalue weighted by atomic mass is 35.5. The highest BCUT2D eigenvalue weighted by Gasteiger charge is 2.57. The van der Waals surface area contributed by atoms with Gasteiger partial charge in [-0.3, -0.25) is 0 Å². The zero-order valence-corrected chi connectivity index (χ0v) is 14.0. The third-order valence-electron chi connectivity index (χ3n) is 4.40. The molecule has 0 aromatic carbocycles. The van der Waals surface area contributed by atoms with Gasteiger partial charge in [0.1, 0.15) is 24.4 Å². The van der Waals surface area contributed by atoms with Crippen LogP contribution in [0.5, 0.6) is 0 Å². The van der Waals surface area contributed by atoms with Crippen molar-refractivity contribution in [1.29, 1.82) is 0 Å². The lowest BCUT2D eigenvalue weighted by molar-refractivity contribution is -0.366. The van der Waals surface area contributed by atoms with Crippen molar-refractivity contribution in [2.24, 2.45) is 5.92 Å². The van der Waals surface area contributed by atoms with Crippen LogP contribution in [0.3, 0.4) is 0 Å². The Hall–Kier alpha value is 0.260. The molecule has 5 N–H and O–H groups in total. The second-order valence-corrected chi connectivity index (χ2v) is 6.45. The van der Waals surface area contributed by atoms with E-state index in [9.17, 15) is 25.5 Å². The summed E-state index contributed by atoms with van der Waals surface area (Å²) in [6.45, 7) is 1.21. The van der Waals surface area contributed by atoms with E-state index in [0.29, 0.717) is 0 Å². The standard InChI is InChI=1S/C13H22Cl2O8/c1-5-7(3-16)21-12(10(19)8(5)17)23-13(4-15)11(20)9(18)6(2-14)22-13/h5-12,16-20H,2-4H2,1H3/t5-,6-,7-,8+,9-,10-,11+,12-,13+/m1/s1. The maximum absolute atomic E-state index is 10.2. The largest absolute Gasteiger partial charge is 0.394 e. The van der Waals surface area contributed by atoms with Crippen LogP contribution in [-0.2, 0) is 14.2 Å². The lowest BCUT2D eigenvalue weighted by Gasteiger charge is -2.44. The fourth-order valence-corrected chi connectivity index (χ4v) is 3.32. The second-order valence-electron chi connectivity index (χ2n) is 5.88. The molecule has 23 heavy (non-hydrogen) atoms. The molecular weight excluding hydrogens is 355 g/mol. The van der Waals surface area contributed by atoms with Crippen molar-refractivity contribution in [3.05, 3.63) is 0 Å². The van der Waals surface area contributed by atoms with Crippen LogP contribution in [0, 0.1) is 5.92 Å². The Morgan fingerprint density at radius 1 is 1.04 bits per heavy atom. The maximum Gasteiger partial charge on any atom is 0.214 e. The first-order chi connectivity index (χ1) is 10.8. The Labute approximate surface area is 143 Å². The lowest BCUT2D eigenvalue weighted by atomic mass is 9.91. The number of alkyl halides is 2. The summed E-state index contributed by atoms with van der Waals surface area (Å²) in [6.07, 6.45) is -8.62. The molecule has 0 bridgehead atoms. The van der Waals surface area contributed by atoms with Crippen LogP contribution in [0.15, 0.2) is 0 Å². The number of hydrogen-bond acceptors (Lipinski definition) is 8. The van der Waals surface area contributed by atoms with Gasteiger partial charge < -0.3 is 39.7 Å². The molecule has 0 aromatic rings. The minimum atomic E-state index is -1.85. The Morgan fingerprint density at radius 2 is 1.70 bits per heavy atom. The molecule has 0 unspecified atom stereocenters. The van der Waals surface area contributed by atoms with Crippen molar-refractivity contribution in [2.75, 3.05) is 18.4 Å². The minimum absolute atomic E-state index is 0.104. The molecule has 2 aliphatic rings. The molecule has 0 aromatic heterocycles. The summed E-state index contributed by atoms with van der Waals surface area (Å²) < 4.78 is 16.4. The quantitative estimate of drug-likeness (QED) is 0.362. The number of ether oxygens (including phenoxy) is 3. The summed E-state index contributed by atoms with van der Waals surface area (Å²) in [6, 6.07) is 0. The molecular formula is C13H22Cl2O8. The minimum Gasteiger partial charge on any atom is -0.394 e. The topological polar surface area (TPSA) is 129 Å². The van der Waals surface area contributed by atoms with E-state index in [1.54, 1.807) is 6.92 Å². The molecule has 8 nitrogen and oxygen atoms in total. The molecule has 136 valence electrons. The molecule has 0 radical (unpaired) electrons. The van der Waals surface area contributed by atoms with Gasteiger partial charge in [-0.1, -0.05) is 6.92 Å². The van der Waals surface area contributed by atoms with Gasteiger partial charge in [0, 0.05) is 5.92 Å². The van der Waals surface area contributed by atoms with Crippen molar-refractivity contribution in [2.45, 2.75) is 55.6 Å². The number of rotatable bonds is 5. The van der Waals surface area contributed by atoms with Gasteiger partial charge in [-0.25, -0.2) is 0 Å². The molecule has 2 fully saturated rings. The molecule has 2 saturated heterocycles. The SMILES string of the molecule is C[C@H]1[C@H](O)[C@@H](O)[C@@H](O[C@]2(CCl)O[C@H](CCl)[C@@H](O)[C@@H]2O)O[C@@H]1CO. The van der Waals surface area contributed by atoms with Crippen LogP contribution in [-0.4, -0.2) is 92.6 Å². The van der Waals surface area contributed by atoms with Crippen LogP contribution >= 0.6 is 23.2 Å². The molecule has 0 spiro atoms. The van der Waals surface area contributed by atoms with E-state index in [2.05, 4.69) is 0 Å². The van der Waals surface area contributed by atoms with Crippen LogP contribution in [0.4, 0.5) is 0 Å². The Morgan fingerprint density at radius 3 is 2.17 bits per heavy atom. The van der Waals surface area contributed by atoms with E-state index in [0.717, 1.165) is 0 Å². The van der Waals surface area contributed by atoms with Gasteiger partial charge in [0.25, 0.3) is 0 Å². The Kier molecular flexibility index (Phi) is 6.52. The predicted molar refractivity (Wildman–Crippen MR) is 79.1 cm³/mol. The number of halogens is 2. The van der Waals surface area contributed by atoms with Gasteiger partial charge in [-0.15, -0.1) is 23.2 Å². The zero-order valence-electron chi connectivity index (χ0n) is 12.5. The first-order valence-electron chi connectivity index (χ1n) is 7.27. The van der Waals surface area contributed by atoms with Crippen molar-refractivity contribution in [3.8, 4) is 0 Å². The first kappa shape index (κ1) is 19.6. The molecule has 9 atom stereocenters. The third kappa shape index (κ3) is 3.48. The van der Waals surface area contributed by atoms with Crippen molar-refractivity contribution in [3.63, 3.8) is 0 Å². The van der Waals surface area contributed by atoms with Gasteiger partial charge in [-0.05, 0) is 0 Å². The van der Waals surface area contributed by atoms with E-state index in [-0.39, 0.29) is 11.8 Å². The normalized spacial score (nSPS) is 51.1. The van der Waals surface area contributed by atoms with Crippen molar-refractivity contribution < 1.29 is 39.7 Å². The third-order valence-corrected chi connectivity index (χ3v) is 5.08. The zero-order chi connectivity index (χ0) is 17.4. The highest BCUT2D eigenvalue weighted by Crippen LogP contribution is 2.38. The Balaban J connectivity index is 2.18. The summed E-state index contributed by atoms with van der Waals surface area (Å²) in [5.74, 6) is -2.86. The molecule has 2 rings (SSSR count). The molecule has 2 aliphatic heterocycles. The molecule has 0 aliphatic carbocycles. The van der Waals surface area contributed by atoms with Crippen LogP contribution in [0.2, 0.25) is 0 Å². The lowest BCUT2D eigenvalue weighted by Crippen LogP contribution is -2.60. The molecule has 0 saturated carbocycles. The van der Waals surface area contributed by atoms with E-state index in [4.69, 9.17) is 37.4 Å². The summed E-state index contributed by atoms with van der Waals surface area (Å²) in [5, 5.41) is 49.6. The van der Waals surface area contributed by atoms with Gasteiger partial charge in [0.15, 0.2) is 6.29 Å². The van der Waals surface area contributed by atoms with Crippen molar-refractivity contribution in [1.82, 2.24) is 0 Å². The monoisotopic (exact) mass is 376 g/mol. The van der Waals surface area contributed by atoms with Crippen LogP contribution < -0.4 is 0 Å². The first-order valence-corrected chi connectivity index (χ1v) is 8.34. The van der Waals surface area contributed by atoms with Gasteiger partial charge in [0.05, 0.1) is 30.6 Å². The summed E-state index contributed by atoms with van der Waals surface area (Å²) in [5.41, 5.74) is 0. The van der Waals surface area contributed by atoms with Gasteiger partial charge in [-0.2, -0.15) is 0 Å². The average Bonchev–Trinajstić information content (AvgIpc) is 2.80. The number of hydrogen-bond donors (Lipinski definition) is 5. The molecule has 0 amide bonds. The van der Waals surface area contributed by atoms with Crippen LogP contribution in [0.25, 0.3) is 0 Å². The smallest absolute Gasteiger partial charge is 0.214 e. The summed E-state index contributed by atoms with van der Waals surface area (Å²) >= 11 is 11.5. The number of aliphatic hydroxyl groups is 5. The maximum atomic E-state index is 10.2. The van der Waals surface area contributed by atoms with Gasteiger partial charge >= 0.3 is 0 Å². The molecule has 2 heterocycles. The van der Waals surface area contributed by atoms with Crippen molar-refractivity contribution >= 4 is 23.2 Å². The van der Waals surface area contributed by atoms with E-state index >= 15 is 0 Å². The second kappa shape index (κ2) is 7.65. The Bertz CT molecular complexity index is 400. The molecule has 10 heteroatoms. The summed E-state index contributed by atoms with van der Waals surface area (Å²) in [7, 11) is 0. The average molecular weight is 377 g/mol. The van der Waals surface area contributed by atoms with E-state index in [1.807, 2.05) is 0 Å². The fraction of sp³-hybridized carbons (Fsp3) is 1.00. The fourth-order valence-electron chi connectivity index (χ4n) is 2.79. The summed E-state index contributed by atoms with van der Waals surface area (Å²) in [4.78, 5) is 0. The predicted octanol–water partition coefficient (Wildman–Crippen LogP) is -1.63. The highest BCUT2D eigenvalue weighted by molar-refractivity contribution is 6.19.